The molecule has 0 saturated heterocycles. The van der Waals surface area contributed by atoms with E-state index in [-0.39, 0.29) is 18.4 Å². The van der Waals surface area contributed by atoms with Crippen molar-refractivity contribution in [3.05, 3.63) is 70.3 Å². The predicted octanol–water partition coefficient (Wildman–Crippen LogP) is 3.86. The summed E-state index contributed by atoms with van der Waals surface area (Å²) in [6.07, 6.45) is 1.89. The molecular formula is C21H17BrN2O3. The van der Waals surface area contributed by atoms with E-state index in [2.05, 4.69) is 15.9 Å². The Kier molecular flexibility index (Phi) is 4.36. The highest BCUT2D eigenvalue weighted by molar-refractivity contribution is 9.12. The zero-order chi connectivity index (χ0) is 19.1. The Morgan fingerprint density at radius 2 is 1.70 bits per heavy atom. The monoisotopic (exact) mass is 424 g/mol. The number of aryl methyl sites for hydroxylation is 1. The Morgan fingerprint density at radius 1 is 1.00 bits per heavy atom. The molecule has 5 nitrogen and oxygen atoms in total. The maximum Gasteiger partial charge on any atom is 0.268 e. The number of hydrogen-bond donors (Lipinski definition) is 0. The Balaban J connectivity index is 1.70. The Labute approximate surface area is 165 Å². The summed E-state index contributed by atoms with van der Waals surface area (Å²) < 4.78 is 7.41. The van der Waals surface area contributed by atoms with E-state index in [1.54, 1.807) is 7.11 Å². The molecule has 0 aliphatic carbocycles. The topological polar surface area (TPSA) is 51.5 Å². The highest BCUT2D eigenvalue weighted by Gasteiger charge is 2.38. The fourth-order valence-electron chi connectivity index (χ4n) is 3.38. The predicted molar refractivity (Wildman–Crippen MR) is 107 cm³/mol. The molecule has 0 saturated carbocycles. The molecule has 4 rings (SSSR count). The van der Waals surface area contributed by atoms with Crippen LogP contribution in [0.1, 0.15) is 11.1 Å². The van der Waals surface area contributed by atoms with Gasteiger partial charge in [-0.15, -0.1) is 0 Å². The van der Waals surface area contributed by atoms with Gasteiger partial charge in [-0.2, -0.15) is 0 Å². The molecule has 1 aliphatic rings. The number of amides is 2. The highest BCUT2D eigenvalue weighted by atomic mass is 79.9. The zero-order valence-electron chi connectivity index (χ0n) is 14.9. The van der Waals surface area contributed by atoms with Crippen molar-refractivity contribution in [1.82, 2.24) is 9.47 Å². The average Bonchev–Trinajstić information content (AvgIpc) is 3.12. The minimum Gasteiger partial charge on any atom is -0.497 e. The van der Waals surface area contributed by atoms with Crippen LogP contribution in [0.15, 0.2) is 59.2 Å². The van der Waals surface area contributed by atoms with E-state index in [1.807, 2.05) is 66.3 Å². The van der Waals surface area contributed by atoms with Gasteiger partial charge in [0.1, 0.15) is 5.75 Å². The smallest absolute Gasteiger partial charge is 0.268 e. The lowest BCUT2D eigenvalue weighted by atomic mass is 10.1. The van der Waals surface area contributed by atoms with E-state index >= 15 is 0 Å². The number of fused-ring (bicyclic) bond motifs is 1. The molecule has 2 heterocycles. The number of imide groups is 1. The molecule has 0 radical (unpaired) electrons. The van der Waals surface area contributed by atoms with E-state index in [1.165, 1.54) is 4.90 Å². The molecule has 0 bridgehead atoms. The lowest BCUT2D eigenvalue weighted by molar-refractivity contribution is -0.137. The lowest BCUT2D eigenvalue weighted by Gasteiger charge is -2.15. The fraction of sp³-hybridized carbons (Fsp3) is 0.143. The second-order valence-corrected chi connectivity index (χ2v) is 7.20. The Bertz CT molecular complexity index is 1100. The fourth-order valence-corrected chi connectivity index (χ4v) is 3.98. The number of halogens is 1. The quantitative estimate of drug-likeness (QED) is 0.597. The molecule has 27 heavy (non-hydrogen) atoms. The van der Waals surface area contributed by atoms with Crippen LogP contribution in [-0.4, -0.2) is 28.4 Å². The number of hydrogen-bond acceptors (Lipinski definition) is 3. The van der Waals surface area contributed by atoms with Gasteiger partial charge in [0.2, 0.25) is 0 Å². The molecule has 0 fully saturated rings. The summed E-state index contributed by atoms with van der Waals surface area (Å²) in [6.45, 7) is 0.213. The summed E-state index contributed by atoms with van der Waals surface area (Å²) in [7, 11) is 3.52. The van der Waals surface area contributed by atoms with Gasteiger partial charge in [0.05, 0.1) is 23.7 Å². The van der Waals surface area contributed by atoms with Crippen LogP contribution in [0, 0.1) is 0 Å². The van der Waals surface area contributed by atoms with Gasteiger partial charge in [0, 0.05) is 29.7 Å². The van der Waals surface area contributed by atoms with Crippen LogP contribution in [0.25, 0.3) is 16.5 Å². The molecule has 2 amide bonds. The minimum atomic E-state index is -0.321. The molecule has 0 atom stereocenters. The second kappa shape index (κ2) is 6.70. The highest BCUT2D eigenvalue weighted by Crippen LogP contribution is 2.37. The number of ether oxygens (including phenoxy) is 1. The van der Waals surface area contributed by atoms with Gasteiger partial charge in [-0.25, -0.2) is 0 Å². The third-order valence-corrected chi connectivity index (χ3v) is 5.51. The van der Waals surface area contributed by atoms with Gasteiger partial charge in [-0.3, -0.25) is 14.5 Å². The van der Waals surface area contributed by atoms with Gasteiger partial charge >= 0.3 is 0 Å². The molecule has 3 aromatic rings. The molecule has 1 aromatic heterocycles. The van der Waals surface area contributed by atoms with E-state index in [0.29, 0.717) is 10.1 Å². The molecule has 1 aliphatic heterocycles. The summed E-state index contributed by atoms with van der Waals surface area (Å²) in [6, 6.07) is 15.2. The van der Waals surface area contributed by atoms with Crippen molar-refractivity contribution in [3.8, 4) is 5.75 Å². The summed E-state index contributed by atoms with van der Waals surface area (Å²) >= 11 is 3.36. The first-order chi connectivity index (χ1) is 13.0. The van der Waals surface area contributed by atoms with Crippen LogP contribution in [0.4, 0.5) is 0 Å². The maximum atomic E-state index is 13.1. The number of carbonyl (C=O) groups is 2. The number of para-hydroxylation sites is 1. The SMILES string of the molecule is COc1ccc(CN2C(=O)C(Br)=C(c3cn(C)c4ccccc34)C2=O)cc1. The molecule has 0 spiro atoms. The number of carbonyl (C=O) groups excluding carboxylic acids is 2. The Morgan fingerprint density at radius 3 is 2.41 bits per heavy atom. The lowest BCUT2D eigenvalue weighted by Crippen LogP contribution is -2.30. The third kappa shape index (κ3) is 2.86. The summed E-state index contributed by atoms with van der Waals surface area (Å²) in [4.78, 5) is 27.1. The van der Waals surface area contributed by atoms with Gasteiger partial charge in [0.25, 0.3) is 11.8 Å². The van der Waals surface area contributed by atoms with Crippen LogP contribution >= 0.6 is 15.9 Å². The van der Waals surface area contributed by atoms with Gasteiger partial charge in [-0.05, 0) is 39.7 Å². The van der Waals surface area contributed by atoms with E-state index in [0.717, 1.165) is 27.8 Å². The second-order valence-electron chi connectivity index (χ2n) is 6.40. The molecule has 2 aromatic carbocycles. The molecule has 0 unspecified atom stereocenters. The van der Waals surface area contributed by atoms with Crippen LogP contribution in [0.2, 0.25) is 0 Å². The van der Waals surface area contributed by atoms with Crippen molar-refractivity contribution in [1.29, 1.82) is 0 Å². The first kappa shape index (κ1) is 17.5. The number of nitrogens with zero attached hydrogens (tertiary/aromatic N) is 2. The van der Waals surface area contributed by atoms with Crippen LogP contribution in [0.5, 0.6) is 5.75 Å². The number of benzene rings is 2. The van der Waals surface area contributed by atoms with Crippen molar-refractivity contribution in [2.75, 3.05) is 7.11 Å². The molecular weight excluding hydrogens is 408 g/mol. The van der Waals surface area contributed by atoms with Gasteiger partial charge < -0.3 is 9.30 Å². The van der Waals surface area contributed by atoms with E-state index < -0.39 is 0 Å². The first-order valence-electron chi connectivity index (χ1n) is 8.44. The largest absolute Gasteiger partial charge is 0.497 e. The van der Waals surface area contributed by atoms with Gasteiger partial charge in [0.15, 0.2) is 0 Å². The molecule has 6 heteroatoms. The molecule has 0 N–H and O–H groups in total. The number of aromatic nitrogens is 1. The van der Waals surface area contributed by atoms with Crippen molar-refractivity contribution in [2.24, 2.45) is 7.05 Å². The zero-order valence-corrected chi connectivity index (χ0v) is 16.5. The standard InChI is InChI=1S/C21H17BrN2O3/c1-23-12-16(15-5-3-4-6-17(15)23)18-19(22)21(26)24(20(18)25)11-13-7-9-14(27-2)10-8-13/h3-10,12H,11H2,1-2H3. The van der Waals surface area contributed by atoms with Crippen LogP contribution in [-0.2, 0) is 23.2 Å². The summed E-state index contributed by atoms with van der Waals surface area (Å²) in [5.41, 5.74) is 3.03. The van der Waals surface area contributed by atoms with Crippen LogP contribution < -0.4 is 4.74 Å². The number of methoxy groups -OCH3 is 1. The van der Waals surface area contributed by atoms with E-state index in [4.69, 9.17) is 4.74 Å². The van der Waals surface area contributed by atoms with Gasteiger partial charge in [-0.1, -0.05) is 30.3 Å². The summed E-state index contributed by atoms with van der Waals surface area (Å²) in [5, 5.41) is 0.944. The van der Waals surface area contributed by atoms with Crippen molar-refractivity contribution in [3.63, 3.8) is 0 Å². The third-order valence-electron chi connectivity index (χ3n) is 4.78. The molecule has 136 valence electrons. The van der Waals surface area contributed by atoms with E-state index in [9.17, 15) is 9.59 Å². The van der Waals surface area contributed by atoms with Crippen molar-refractivity contribution in [2.45, 2.75) is 6.54 Å². The summed E-state index contributed by atoms with van der Waals surface area (Å²) in [5.74, 6) is 0.117. The maximum absolute atomic E-state index is 13.1. The van der Waals surface area contributed by atoms with Crippen LogP contribution in [0.3, 0.4) is 0 Å². The average molecular weight is 425 g/mol. The van der Waals surface area contributed by atoms with Crippen molar-refractivity contribution < 1.29 is 14.3 Å². The Hall–Kier alpha value is -2.86. The number of rotatable bonds is 4. The minimum absolute atomic E-state index is 0.213. The van der Waals surface area contributed by atoms with Crippen molar-refractivity contribution >= 4 is 44.2 Å². The normalized spacial score (nSPS) is 14.6. The first-order valence-corrected chi connectivity index (χ1v) is 9.24.